The number of Topliss-reactive ketones (excluding diaryl/α,β-unsaturated/α-hetero) is 1. The molecular weight excluding hydrogens is 368 g/mol. The van der Waals surface area contributed by atoms with Gasteiger partial charge in [0, 0.05) is 11.5 Å². The van der Waals surface area contributed by atoms with E-state index in [4.69, 9.17) is 15.6 Å². The average molecular weight is 392 g/mol. The van der Waals surface area contributed by atoms with Crippen LogP contribution in [0.15, 0.2) is 24.3 Å². The van der Waals surface area contributed by atoms with E-state index in [9.17, 15) is 22.4 Å². The van der Waals surface area contributed by atoms with Crippen molar-refractivity contribution in [2.24, 2.45) is 11.7 Å². The summed E-state index contributed by atoms with van der Waals surface area (Å²) in [6.45, 7) is 3.78. The molecule has 1 saturated heterocycles. The maximum atomic E-state index is 12.9. The molecule has 5 nitrogen and oxygen atoms in total. The average Bonchev–Trinajstić information content (AvgIpc) is 2.62. The molecule has 0 aliphatic carbocycles. The lowest BCUT2D eigenvalue weighted by atomic mass is 9.89. The standard InChI is InChI=1S/C16H23FN2O.C2HF3O2/c17-15-5-3-13(4-6-15)16(20)14-7-11-19(12-8-14)10-2-1-9-18;3-2(4,5)1(6)7/h3-6,14H,1-2,7-12,18H2;(H,6,7). The van der Waals surface area contributed by atoms with Crippen molar-refractivity contribution in [2.75, 3.05) is 26.2 Å². The van der Waals surface area contributed by atoms with Crippen molar-refractivity contribution in [3.63, 3.8) is 0 Å². The Bertz CT molecular complexity index is 598. The normalized spacial score (nSPS) is 15.7. The Labute approximate surface area is 155 Å². The molecule has 0 spiro atoms. The molecule has 9 heteroatoms. The third-order valence-corrected chi connectivity index (χ3v) is 4.26. The topological polar surface area (TPSA) is 83.6 Å². The van der Waals surface area contributed by atoms with Crippen LogP contribution in [0.5, 0.6) is 0 Å². The Hall–Kier alpha value is -2.00. The first kappa shape index (κ1) is 23.0. The Morgan fingerprint density at radius 1 is 1.11 bits per heavy atom. The molecule has 0 amide bonds. The first-order chi connectivity index (χ1) is 12.6. The Morgan fingerprint density at radius 2 is 1.63 bits per heavy atom. The molecule has 0 unspecified atom stereocenters. The minimum absolute atomic E-state index is 0.0891. The number of aliphatic carboxylic acids is 1. The van der Waals surface area contributed by atoms with Gasteiger partial charge in [-0.3, -0.25) is 4.79 Å². The summed E-state index contributed by atoms with van der Waals surface area (Å²) in [5.74, 6) is -2.80. The number of carbonyl (C=O) groups excluding carboxylic acids is 1. The number of nitrogens with two attached hydrogens (primary N) is 1. The summed E-state index contributed by atoms with van der Waals surface area (Å²) >= 11 is 0. The van der Waals surface area contributed by atoms with Gasteiger partial charge in [-0.25, -0.2) is 9.18 Å². The van der Waals surface area contributed by atoms with Gasteiger partial charge in [0.25, 0.3) is 0 Å². The number of likely N-dealkylation sites (tertiary alicyclic amines) is 1. The van der Waals surface area contributed by atoms with Gasteiger partial charge in [-0.1, -0.05) is 0 Å². The van der Waals surface area contributed by atoms with Gasteiger partial charge < -0.3 is 15.7 Å². The summed E-state index contributed by atoms with van der Waals surface area (Å²) in [4.78, 5) is 23.6. The summed E-state index contributed by atoms with van der Waals surface area (Å²) in [5, 5.41) is 7.12. The van der Waals surface area contributed by atoms with Gasteiger partial charge >= 0.3 is 12.1 Å². The van der Waals surface area contributed by atoms with Crippen molar-refractivity contribution in [2.45, 2.75) is 31.9 Å². The summed E-state index contributed by atoms with van der Waals surface area (Å²) in [6, 6.07) is 5.89. The first-order valence-corrected chi connectivity index (χ1v) is 8.67. The second-order valence-corrected chi connectivity index (χ2v) is 6.29. The number of hydrogen-bond acceptors (Lipinski definition) is 4. The van der Waals surface area contributed by atoms with Crippen molar-refractivity contribution < 1.29 is 32.3 Å². The molecule has 0 atom stereocenters. The number of carbonyl (C=O) groups is 2. The van der Waals surface area contributed by atoms with E-state index in [2.05, 4.69) is 4.90 Å². The van der Waals surface area contributed by atoms with E-state index in [-0.39, 0.29) is 17.5 Å². The van der Waals surface area contributed by atoms with Crippen LogP contribution in [0.1, 0.15) is 36.0 Å². The minimum Gasteiger partial charge on any atom is -0.475 e. The molecular formula is C18H24F4N2O3. The smallest absolute Gasteiger partial charge is 0.475 e. The fraction of sp³-hybridized carbons (Fsp3) is 0.556. The number of ketones is 1. The van der Waals surface area contributed by atoms with Crippen molar-refractivity contribution in [3.05, 3.63) is 35.6 Å². The van der Waals surface area contributed by atoms with Crippen LogP contribution in [0.4, 0.5) is 17.6 Å². The number of piperidine rings is 1. The van der Waals surface area contributed by atoms with E-state index in [0.29, 0.717) is 5.56 Å². The molecule has 1 heterocycles. The molecule has 27 heavy (non-hydrogen) atoms. The number of rotatable bonds is 6. The molecule has 1 aromatic carbocycles. The fourth-order valence-electron chi connectivity index (χ4n) is 2.75. The number of nitrogens with zero attached hydrogens (tertiary/aromatic N) is 1. The summed E-state index contributed by atoms with van der Waals surface area (Å²) in [7, 11) is 0. The van der Waals surface area contributed by atoms with Gasteiger partial charge in [0.05, 0.1) is 0 Å². The van der Waals surface area contributed by atoms with Gasteiger partial charge in [-0.15, -0.1) is 0 Å². The predicted octanol–water partition coefficient (Wildman–Crippen LogP) is 3.09. The predicted molar refractivity (Wildman–Crippen MR) is 91.9 cm³/mol. The van der Waals surface area contributed by atoms with E-state index in [1.165, 1.54) is 12.1 Å². The van der Waals surface area contributed by atoms with Crippen molar-refractivity contribution in [3.8, 4) is 0 Å². The highest BCUT2D eigenvalue weighted by Crippen LogP contribution is 2.22. The van der Waals surface area contributed by atoms with E-state index in [1.807, 2.05) is 0 Å². The number of alkyl halides is 3. The van der Waals surface area contributed by atoms with Gasteiger partial charge in [0.1, 0.15) is 5.82 Å². The van der Waals surface area contributed by atoms with Crippen molar-refractivity contribution in [1.29, 1.82) is 0 Å². The van der Waals surface area contributed by atoms with E-state index in [1.54, 1.807) is 12.1 Å². The molecule has 1 aliphatic heterocycles. The van der Waals surface area contributed by atoms with Crippen LogP contribution in [0.3, 0.4) is 0 Å². The molecule has 1 aliphatic rings. The van der Waals surface area contributed by atoms with E-state index >= 15 is 0 Å². The zero-order valence-electron chi connectivity index (χ0n) is 14.8. The molecule has 0 saturated carbocycles. The molecule has 2 rings (SSSR count). The second-order valence-electron chi connectivity index (χ2n) is 6.29. The highest BCUT2D eigenvalue weighted by Gasteiger charge is 2.38. The highest BCUT2D eigenvalue weighted by atomic mass is 19.4. The number of carboxylic acids is 1. The lowest BCUT2D eigenvalue weighted by Gasteiger charge is -2.31. The van der Waals surface area contributed by atoms with Crippen LogP contribution in [0.25, 0.3) is 0 Å². The molecule has 1 aromatic rings. The maximum absolute atomic E-state index is 12.9. The second kappa shape index (κ2) is 11.0. The van der Waals surface area contributed by atoms with Crippen LogP contribution >= 0.6 is 0 Å². The minimum atomic E-state index is -5.08. The number of benzene rings is 1. The van der Waals surface area contributed by atoms with Crippen LogP contribution < -0.4 is 5.73 Å². The van der Waals surface area contributed by atoms with Crippen LogP contribution in [0.2, 0.25) is 0 Å². The molecule has 0 aromatic heterocycles. The van der Waals surface area contributed by atoms with Gasteiger partial charge in [0.15, 0.2) is 5.78 Å². The number of unbranched alkanes of at least 4 members (excludes halogenated alkanes) is 1. The monoisotopic (exact) mass is 392 g/mol. The molecule has 0 bridgehead atoms. The summed E-state index contributed by atoms with van der Waals surface area (Å²) < 4.78 is 44.6. The van der Waals surface area contributed by atoms with Gasteiger partial charge in [0.2, 0.25) is 0 Å². The summed E-state index contributed by atoms with van der Waals surface area (Å²) in [5.41, 5.74) is 6.12. The summed E-state index contributed by atoms with van der Waals surface area (Å²) in [6.07, 6.45) is -1.08. The third-order valence-electron chi connectivity index (χ3n) is 4.26. The van der Waals surface area contributed by atoms with Gasteiger partial charge in [-0.05, 0) is 76.1 Å². The molecule has 1 fully saturated rings. The Morgan fingerprint density at radius 3 is 2.07 bits per heavy atom. The number of halogens is 4. The lowest BCUT2D eigenvalue weighted by molar-refractivity contribution is -0.192. The SMILES string of the molecule is NCCCCN1CCC(C(=O)c2ccc(F)cc2)CC1.O=C(O)C(F)(F)F. The van der Waals surface area contributed by atoms with Crippen LogP contribution in [-0.4, -0.2) is 54.1 Å². The molecule has 0 radical (unpaired) electrons. The van der Waals surface area contributed by atoms with E-state index in [0.717, 1.165) is 51.9 Å². The quantitative estimate of drug-likeness (QED) is 0.442. The van der Waals surface area contributed by atoms with Crippen molar-refractivity contribution >= 4 is 11.8 Å². The highest BCUT2D eigenvalue weighted by molar-refractivity contribution is 5.97. The first-order valence-electron chi connectivity index (χ1n) is 8.67. The zero-order chi connectivity index (χ0) is 20.4. The third kappa shape index (κ3) is 8.49. The largest absolute Gasteiger partial charge is 0.490 e. The lowest BCUT2D eigenvalue weighted by Crippen LogP contribution is -2.37. The maximum Gasteiger partial charge on any atom is 0.490 e. The van der Waals surface area contributed by atoms with Crippen LogP contribution in [0, 0.1) is 11.7 Å². The number of hydrogen-bond donors (Lipinski definition) is 2. The number of carboxylic acid groups (broad SMARTS) is 1. The van der Waals surface area contributed by atoms with Crippen molar-refractivity contribution in [1.82, 2.24) is 4.90 Å². The Kier molecular flexibility index (Phi) is 9.37. The Balaban J connectivity index is 0.000000445. The van der Waals surface area contributed by atoms with Crippen LogP contribution in [-0.2, 0) is 4.79 Å². The van der Waals surface area contributed by atoms with Gasteiger partial charge in [-0.2, -0.15) is 13.2 Å². The zero-order valence-corrected chi connectivity index (χ0v) is 14.8. The fourth-order valence-corrected chi connectivity index (χ4v) is 2.75. The molecule has 3 N–H and O–H groups in total. The van der Waals surface area contributed by atoms with E-state index < -0.39 is 12.1 Å². The molecule has 152 valence electrons.